The van der Waals surface area contributed by atoms with Gasteiger partial charge < -0.3 is 11.1 Å². The fraction of sp³-hybridized carbons (Fsp3) is 0.917. The van der Waals surface area contributed by atoms with Crippen molar-refractivity contribution >= 4 is 5.91 Å². The second-order valence-corrected chi connectivity index (χ2v) is 4.77. The molecule has 1 fully saturated rings. The summed E-state index contributed by atoms with van der Waals surface area (Å²) in [5.74, 6) is 0.662. The topological polar surface area (TPSA) is 55.1 Å². The van der Waals surface area contributed by atoms with E-state index in [2.05, 4.69) is 19.2 Å². The van der Waals surface area contributed by atoms with Crippen molar-refractivity contribution in [3.8, 4) is 0 Å². The predicted octanol–water partition coefficient (Wildman–Crippen LogP) is 1.81. The first kappa shape index (κ1) is 12.5. The molecule has 0 aromatic heterocycles. The summed E-state index contributed by atoms with van der Waals surface area (Å²) in [6.07, 6.45) is 6.53. The van der Waals surface area contributed by atoms with Gasteiger partial charge in [0.25, 0.3) is 0 Å². The van der Waals surface area contributed by atoms with E-state index in [4.69, 9.17) is 5.73 Å². The molecule has 88 valence electrons. The molecule has 0 aromatic rings. The summed E-state index contributed by atoms with van der Waals surface area (Å²) in [5.41, 5.74) is 5.81. The second kappa shape index (κ2) is 6.11. The molecular formula is C12H24N2O. The summed E-state index contributed by atoms with van der Waals surface area (Å²) < 4.78 is 0. The molecule has 0 aliphatic heterocycles. The molecular weight excluding hydrogens is 188 g/mol. The lowest BCUT2D eigenvalue weighted by molar-refractivity contribution is -0.123. The lowest BCUT2D eigenvalue weighted by Gasteiger charge is -2.20. The van der Waals surface area contributed by atoms with E-state index in [1.165, 1.54) is 12.8 Å². The first-order valence-corrected chi connectivity index (χ1v) is 6.21. The third-order valence-corrected chi connectivity index (χ3v) is 3.39. The molecule has 0 heterocycles. The molecule has 0 bridgehead atoms. The molecule has 1 saturated carbocycles. The second-order valence-electron chi connectivity index (χ2n) is 4.77. The van der Waals surface area contributed by atoms with Gasteiger partial charge in [-0.1, -0.05) is 33.1 Å². The third-order valence-electron chi connectivity index (χ3n) is 3.39. The van der Waals surface area contributed by atoms with Gasteiger partial charge in [0.05, 0.1) is 6.04 Å². The van der Waals surface area contributed by atoms with E-state index in [-0.39, 0.29) is 11.9 Å². The SMILES string of the molecule is CCCC[C@H](N)C(=O)N[C@H]1CCC[C@H]1C. The van der Waals surface area contributed by atoms with Crippen LogP contribution in [0.3, 0.4) is 0 Å². The van der Waals surface area contributed by atoms with E-state index in [9.17, 15) is 4.79 Å². The van der Waals surface area contributed by atoms with Crippen LogP contribution in [0.1, 0.15) is 52.4 Å². The Hall–Kier alpha value is -0.570. The van der Waals surface area contributed by atoms with Crippen LogP contribution in [0.5, 0.6) is 0 Å². The lowest BCUT2D eigenvalue weighted by Crippen LogP contribution is -2.46. The van der Waals surface area contributed by atoms with Gasteiger partial charge >= 0.3 is 0 Å². The van der Waals surface area contributed by atoms with Crippen LogP contribution in [-0.4, -0.2) is 18.0 Å². The molecule has 1 rings (SSSR count). The fourth-order valence-electron chi connectivity index (χ4n) is 2.20. The maximum absolute atomic E-state index is 11.7. The van der Waals surface area contributed by atoms with Crippen molar-refractivity contribution < 1.29 is 4.79 Å². The molecule has 3 heteroatoms. The molecule has 3 nitrogen and oxygen atoms in total. The van der Waals surface area contributed by atoms with Gasteiger partial charge in [-0.2, -0.15) is 0 Å². The quantitative estimate of drug-likeness (QED) is 0.730. The van der Waals surface area contributed by atoms with Crippen LogP contribution >= 0.6 is 0 Å². The maximum Gasteiger partial charge on any atom is 0.237 e. The zero-order valence-electron chi connectivity index (χ0n) is 9.96. The molecule has 1 aliphatic rings. The molecule has 3 atom stereocenters. The Morgan fingerprint density at radius 3 is 2.80 bits per heavy atom. The van der Waals surface area contributed by atoms with Crippen molar-refractivity contribution in [2.24, 2.45) is 11.7 Å². The van der Waals surface area contributed by atoms with E-state index in [1.54, 1.807) is 0 Å². The summed E-state index contributed by atoms with van der Waals surface area (Å²) in [6, 6.07) is 0.0583. The van der Waals surface area contributed by atoms with Crippen molar-refractivity contribution in [3.63, 3.8) is 0 Å². The van der Waals surface area contributed by atoms with Crippen LogP contribution < -0.4 is 11.1 Å². The minimum atomic E-state index is -0.308. The molecule has 1 amide bonds. The summed E-state index contributed by atoms with van der Waals surface area (Å²) in [7, 11) is 0. The van der Waals surface area contributed by atoms with Crippen LogP contribution in [-0.2, 0) is 4.79 Å². The Labute approximate surface area is 92.8 Å². The molecule has 1 aliphatic carbocycles. The van der Waals surface area contributed by atoms with Gasteiger partial charge in [0.2, 0.25) is 5.91 Å². The van der Waals surface area contributed by atoms with E-state index >= 15 is 0 Å². The summed E-state index contributed by atoms with van der Waals surface area (Å²) in [6.45, 7) is 4.32. The number of carbonyl (C=O) groups excluding carboxylic acids is 1. The van der Waals surface area contributed by atoms with E-state index in [1.807, 2.05) is 0 Å². The number of nitrogens with two attached hydrogens (primary N) is 1. The summed E-state index contributed by atoms with van der Waals surface area (Å²) in [5, 5.41) is 3.07. The van der Waals surface area contributed by atoms with Crippen LogP contribution in [0.25, 0.3) is 0 Å². The van der Waals surface area contributed by atoms with Gasteiger partial charge in [0.1, 0.15) is 0 Å². The smallest absolute Gasteiger partial charge is 0.237 e. The highest BCUT2D eigenvalue weighted by Gasteiger charge is 2.26. The summed E-state index contributed by atoms with van der Waals surface area (Å²) >= 11 is 0. The zero-order chi connectivity index (χ0) is 11.3. The zero-order valence-corrected chi connectivity index (χ0v) is 9.96. The lowest BCUT2D eigenvalue weighted by atomic mass is 10.0. The Morgan fingerprint density at radius 2 is 2.27 bits per heavy atom. The van der Waals surface area contributed by atoms with Crippen molar-refractivity contribution in [2.45, 2.75) is 64.5 Å². The van der Waals surface area contributed by atoms with Gasteiger partial charge in [-0.15, -0.1) is 0 Å². The van der Waals surface area contributed by atoms with Gasteiger partial charge in [-0.3, -0.25) is 4.79 Å². The number of unbranched alkanes of at least 4 members (excludes halogenated alkanes) is 1. The molecule has 0 aromatic carbocycles. The monoisotopic (exact) mass is 212 g/mol. The van der Waals surface area contributed by atoms with E-state index in [0.29, 0.717) is 12.0 Å². The van der Waals surface area contributed by atoms with Gasteiger partial charge in [0.15, 0.2) is 0 Å². The molecule has 15 heavy (non-hydrogen) atoms. The highest BCUT2D eigenvalue weighted by atomic mass is 16.2. The number of rotatable bonds is 5. The van der Waals surface area contributed by atoms with Gasteiger partial charge in [-0.25, -0.2) is 0 Å². The minimum Gasteiger partial charge on any atom is -0.352 e. The van der Waals surface area contributed by atoms with Crippen molar-refractivity contribution in [3.05, 3.63) is 0 Å². The van der Waals surface area contributed by atoms with Crippen molar-refractivity contribution in [1.29, 1.82) is 0 Å². The van der Waals surface area contributed by atoms with E-state index in [0.717, 1.165) is 25.7 Å². The minimum absolute atomic E-state index is 0.0437. The van der Waals surface area contributed by atoms with Crippen molar-refractivity contribution in [1.82, 2.24) is 5.32 Å². The number of nitrogens with one attached hydrogen (secondary N) is 1. The molecule has 0 unspecified atom stereocenters. The average Bonchev–Trinajstić information content (AvgIpc) is 2.61. The average molecular weight is 212 g/mol. The van der Waals surface area contributed by atoms with Gasteiger partial charge in [0, 0.05) is 6.04 Å². The predicted molar refractivity (Wildman–Crippen MR) is 62.4 cm³/mol. The first-order chi connectivity index (χ1) is 7.15. The third kappa shape index (κ3) is 3.82. The normalized spacial score (nSPS) is 27.7. The van der Waals surface area contributed by atoms with Crippen molar-refractivity contribution in [2.75, 3.05) is 0 Å². The van der Waals surface area contributed by atoms with Crippen LogP contribution in [0.2, 0.25) is 0 Å². The highest BCUT2D eigenvalue weighted by Crippen LogP contribution is 2.24. The Balaban J connectivity index is 2.27. The number of carbonyl (C=O) groups is 1. The highest BCUT2D eigenvalue weighted by molar-refractivity contribution is 5.81. The Bertz CT molecular complexity index is 206. The number of amides is 1. The van der Waals surface area contributed by atoms with Crippen LogP contribution in [0.15, 0.2) is 0 Å². The standard InChI is InChI=1S/C12H24N2O/c1-3-4-7-10(13)12(15)14-11-8-5-6-9(11)2/h9-11H,3-8,13H2,1-2H3,(H,14,15)/t9-,10+,11+/m1/s1. The Morgan fingerprint density at radius 1 is 1.53 bits per heavy atom. The van der Waals surface area contributed by atoms with Crippen LogP contribution in [0, 0.1) is 5.92 Å². The fourth-order valence-corrected chi connectivity index (χ4v) is 2.20. The number of hydrogen-bond acceptors (Lipinski definition) is 2. The summed E-state index contributed by atoms with van der Waals surface area (Å²) in [4.78, 5) is 11.7. The molecule has 0 radical (unpaired) electrons. The number of hydrogen-bond donors (Lipinski definition) is 2. The molecule has 3 N–H and O–H groups in total. The van der Waals surface area contributed by atoms with Gasteiger partial charge in [-0.05, 0) is 25.2 Å². The maximum atomic E-state index is 11.7. The first-order valence-electron chi connectivity index (χ1n) is 6.21. The van der Waals surface area contributed by atoms with E-state index < -0.39 is 0 Å². The van der Waals surface area contributed by atoms with Crippen LogP contribution in [0.4, 0.5) is 0 Å². The molecule has 0 saturated heterocycles. The largest absolute Gasteiger partial charge is 0.352 e. The Kier molecular flexibility index (Phi) is 5.09. The molecule has 0 spiro atoms.